The Labute approximate surface area is 81.3 Å². The van der Waals surface area contributed by atoms with Gasteiger partial charge in [0.05, 0.1) is 0 Å². The number of hydrogen-bond acceptors (Lipinski definition) is 1. The molecular weight excluding hydrogens is 249 g/mol. The molecule has 0 atom stereocenters. The molecule has 11 heavy (non-hydrogen) atoms. The molecule has 1 N–H and O–H groups in total. The Balaban J connectivity index is 2.62. The summed E-state index contributed by atoms with van der Waals surface area (Å²) in [6.07, 6.45) is 1.12. The number of hydrogen-bond donors (Lipinski definition) is 1. The maximum absolute atomic E-state index is 3.14. The van der Waals surface area contributed by atoms with Crippen LogP contribution in [0.3, 0.4) is 0 Å². The summed E-state index contributed by atoms with van der Waals surface area (Å²) in [5, 5.41) is 3.14. The second kappa shape index (κ2) is 4.72. The summed E-state index contributed by atoms with van der Waals surface area (Å²) in [4.78, 5) is 0. The van der Waals surface area contributed by atoms with Gasteiger partial charge in [-0.25, -0.2) is 0 Å². The molecular formula is C9H12IN. The van der Waals surface area contributed by atoms with E-state index >= 15 is 0 Å². The van der Waals surface area contributed by atoms with Crippen molar-refractivity contribution in [2.75, 3.05) is 13.6 Å². The zero-order valence-electron chi connectivity index (χ0n) is 6.60. The van der Waals surface area contributed by atoms with Crippen molar-refractivity contribution < 1.29 is 0 Å². The first-order valence-electron chi connectivity index (χ1n) is 3.72. The molecule has 0 aliphatic heterocycles. The molecule has 0 heterocycles. The molecule has 1 aromatic carbocycles. The summed E-state index contributed by atoms with van der Waals surface area (Å²) in [5.74, 6) is 0. The minimum absolute atomic E-state index is 1.06. The third-order valence-electron chi connectivity index (χ3n) is 1.60. The van der Waals surface area contributed by atoms with Crippen LogP contribution in [0.25, 0.3) is 0 Å². The lowest BCUT2D eigenvalue weighted by atomic mass is 10.1. The highest BCUT2D eigenvalue weighted by Crippen LogP contribution is 2.11. The molecule has 0 aromatic heterocycles. The van der Waals surface area contributed by atoms with E-state index in [1.165, 1.54) is 9.13 Å². The Hall–Kier alpha value is -0.0900. The second-order valence-electron chi connectivity index (χ2n) is 2.44. The minimum atomic E-state index is 1.06. The Morgan fingerprint density at radius 2 is 2.09 bits per heavy atom. The third kappa shape index (κ3) is 2.79. The molecule has 0 fully saturated rings. The van der Waals surface area contributed by atoms with Crippen LogP contribution in [0.15, 0.2) is 24.3 Å². The molecule has 0 bridgehead atoms. The quantitative estimate of drug-likeness (QED) is 0.821. The first-order chi connectivity index (χ1) is 5.34. The van der Waals surface area contributed by atoms with Crippen molar-refractivity contribution in [2.24, 2.45) is 0 Å². The average Bonchev–Trinajstić information content (AvgIpc) is 2.03. The summed E-state index contributed by atoms with van der Waals surface area (Å²) in [6.45, 7) is 1.06. The van der Waals surface area contributed by atoms with Crippen LogP contribution in [0.2, 0.25) is 0 Å². The lowest BCUT2D eigenvalue weighted by Gasteiger charge is -2.02. The largest absolute Gasteiger partial charge is 0.319 e. The molecule has 60 valence electrons. The second-order valence-corrected chi connectivity index (χ2v) is 3.61. The molecule has 0 amide bonds. The van der Waals surface area contributed by atoms with Crippen LogP contribution in [0.1, 0.15) is 5.56 Å². The Morgan fingerprint density at radius 3 is 2.73 bits per heavy atom. The van der Waals surface area contributed by atoms with E-state index in [-0.39, 0.29) is 0 Å². The van der Waals surface area contributed by atoms with Gasteiger partial charge in [0, 0.05) is 3.57 Å². The van der Waals surface area contributed by atoms with Crippen molar-refractivity contribution >= 4 is 22.6 Å². The third-order valence-corrected chi connectivity index (χ3v) is 2.65. The van der Waals surface area contributed by atoms with Crippen LogP contribution in [-0.4, -0.2) is 13.6 Å². The highest BCUT2D eigenvalue weighted by molar-refractivity contribution is 14.1. The van der Waals surface area contributed by atoms with Crippen molar-refractivity contribution in [1.29, 1.82) is 0 Å². The molecule has 1 rings (SSSR count). The van der Waals surface area contributed by atoms with Crippen molar-refractivity contribution in [1.82, 2.24) is 5.32 Å². The highest BCUT2D eigenvalue weighted by atomic mass is 127. The molecule has 0 radical (unpaired) electrons. The summed E-state index contributed by atoms with van der Waals surface area (Å²) in [5.41, 5.74) is 1.43. The van der Waals surface area contributed by atoms with Gasteiger partial charge in [-0.1, -0.05) is 18.2 Å². The van der Waals surface area contributed by atoms with Crippen LogP contribution >= 0.6 is 22.6 Å². The van der Waals surface area contributed by atoms with Gasteiger partial charge in [-0.2, -0.15) is 0 Å². The molecule has 1 nitrogen and oxygen atoms in total. The molecule has 2 heteroatoms. The average molecular weight is 261 g/mol. The van der Waals surface area contributed by atoms with Crippen LogP contribution in [0.5, 0.6) is 0 Å². The van der Waals surface area contributed by atoms with E-state index in [1.54, 1.807) is 0 Å². The smallest absolute Gasteiger partial charge is 0.0162 e. The normalized spacial score (nSPS) is 10.0. The predicted octanol–water partition coefficient (Wildman–Crippen LogP) is 2.05. The van der Waals surface area contributed by atoms with Gasteiger partial charge < -0.3 is 5.32 Å². The Morgan fingerprint density at radius 1 is 1.36 bits per heavy atom. The fourth-order valence-corrected chi connectivity index (χ4v) is 1.62. The fourth-order valence-electron chi connectivity index (χ4n) is 0.961. The lowest BCUT2D eigenvalue weighted by molar-refractivity contribution is 0.789. The summed E-state index contributed by atoms with van der Waals surface area (Å²) in [6, 6.07) is 8.49. The van der Waals surface area contributed by atoms with Crippen molar-refractivity contribution in [2.45, 2.75) is 6.42 Å². The Bertz CT molecular complexity index is 223. The van der Waals surface area contributed by atoms with Gasteiger partial charge in [0.25, 0.3) is 0 Å². The SMILES string of the molecule is CNCCc1ccccc1I. The summed E-state index contributed by atoms with van der Waals surface area (Å²) >= 11 is 2.37. The standard InChI is InChI=1S/C9H12IN/c1-11-7-6-8-4-2-3-5-9(8)10/h2-5,11H,6-7H2,1H3. The molecule has 0 aliphatic carbocycles. The van der Waals surface area contributed by atoms with Gasteiger partial charge in [-0.3, -0.25) is 0 Å². The van der Waals surface area contributed by atoms with Crippen molar-refractivity contribution in [3.05, 3.63) is 33.4 Å². The maximum atomic E-state index is 3.14. The topological polar surface area (TPSA) is 12.0 Å². The van der Waals surface area contributed by atoms with E-state index in [0.29, 0.717) is 0 Å². The first-order valence-corrected chi connectivity index (χ1v) is 4.80. The van der Waals surface area contributed by atoms with E-state index in [1.807, 2.05) is 7.05 Å². The monoisotopic (exact) mass is 261 g/mol. The number of likely N-dealkylation sites (N-methyl/N-ethyl adjacent to an activating group) is 1. The predicted molar refractivity (Wildman–Crippen MR) is 56.8 cm³/mol. The number of benzene rings is 1. The molecule has 0 aliphatic rings. The van der Waals surface area contributed by atoms with Crippen LogP contribution in [0.4, 0.5) is 0 Å². The number of halogens is 1. The van der Waals surface area contributed by atoms with Gasteiger partial charge in [0.2, 0.25) is 0 Å². The lowest BCUT2D eigenvalue weighted by Crippen LogP contribution is -2.10. The van der Waals surface area contributed by atoms with Gasteiger partial charge in [-0.05, 0) is 54.2 Å². The minimum Gasteiger partial charge on any atom is -0.319 e. The highest BCUT2D eigenvalue weighted by Gasteiger charge is 1.95. The van der Waals surface area contributed by atoms with Gasteiger partial charge in [-0.15, -0.1) is 0 Å². The van der Waals surface area contributed by atoms with E-state index in [9.17, 15) is 0 Å². The van der Waals surface area contributed by atoms with Gasteiger partial charge in [0.1, 0.15) is 0 Å². The molecule has 1 aromatic rings. The molecule has 0 unspecified atom stereocenters. The van der Waals surface area contributed by atoms with Crippen molar-refractivity contribution in [3.8, 4) is 0 Å². The van der Waals surface area contributed by atoms with E-state index < -0.39 is 0 Å². The molecule has 0 saturated heterocycles. The summed E-state index contributed by atoms with van der Waals surface area (Å²) in [7, 11) is 1.98. The summed E-state index contributed by atoms with van der Waals surface area (Å²) < 4.78 is 1.36. The maximum Gasteiger partial charge on any atom is 0.0162 e. The number of rotatable bonds is 3. The zero-order chi connectivity index (χ0) is 8.10. The van der Waals surface area contributed by atoms with Crippen molar-refractivity contribution in [3.63, 3.8) is 0 Å². The van der Waals surface area contributed by atoms with Gasteiger partial charge in [0.15, 0.2) is 0 Å². The fraction of sp³-hybridized carbons (Fsp3) is 0.333. The van der Waals surface area contributed by atoms with Crippen LogP contribution in [0, 0.1) is 3.57 Å². The zero-order valence-corrected chi connectivity index (χ0v) is 8.76. The molecule has 0 spiro atoms. The van der Waals surface area contributed by atoms with Crippen LogP contribution in [-0.2, 0) is 6.42 Å². The van der Waals surface area contributed by atoms with E-state index in [4.69, 9.17) is 0 Å². The Kier molecular flexibility index (Phi) is 3.86. The van der Waals surface area contributed by atoms with Gasteiger partial charge >= 0.3 is 0 Å². The first kappa shape index (κ1) is 9.00. The number of nitrogens with one attached hydrogen (secondary N) is 1. The molecule has 0 saturated carbocycles. The van der Waals surface area contributed by atoms with E-state index in [2.05, 4.69) is 52.2 Å². The van der Waals surface area contributed by atoms with Crippen LogP contribution < -0.4 is 5.32 Å². The van der Waals surface area contributed by atoms with E-state index in [0.717, 1.165) is 13.0 Å².